The Morgan fingerprint density at radius 3 is 2.32 bits per heavy atom. The largest absolute Gasteiger partial charge is 0.366 e. The van der Waals surface area contributed by atoms with Crippen LogP contribution in [0.4, 0.5) is 17.3 Å². The Bertz CT molecular complexity index is 924. The van der Waals surface area contributed by atoms with Gasteiger partial charge in [0.25, 0.3) is 5.69 Å². The minimum Gasteiger partial charge on any atom is -0.366 e. The van der Waals surface area contributed by atoms with Crippen molar-refractivity contribution < 1.29 is 9.72 Å². The highest BCUT2D eigenvalue weighted by Crippen LogP contribution is 2.22. The molecule has 8 heteroatoms. The van der Waals surface area contributed by atoms with Crippen molar-refractivity contribution in [3.8, 4) is 11.3 Å². The van der Waals surface area contributed by atoms with E-state index in [1.54, 1.807) is 48.7 Å². The number of benzene rings is 2. The minimum atomic E-state index is -0.497. The lowest BCUT2D eigenvalue weighted by atomic mass is 10.1. The van der Waals surface area contributed by atoms with E-state index in [9.17, 15) is 14.9 Å². The average Bonchev–Trinajstić information content (AvgIpc) is 2.62. The van der Waals surface area contributed by atoms with Crippen LogP contribution in [-0.2, 0) is 0 Å². The van der Waals surface area contributed by atoms with Crippen LogP contribution in [-0.4, -0.2) is 20.8 Å². The first-order valence-corrected chi connectivity index (χ1v) is 7.28. The maximum atomic E-state index is 11.1. The lowest BCUT2D eigenvalue weighted by Gasteiger charge is -2.07. The average molecular weight is 335 g/mol. The van der Waals surface area contributed by atoms with Crippen LogP contribution in [0.2, 0.25) is 0 Å². The maximum absolute atomic E-state index is 11.1. The van der Waals surface area contributed by atoms with Gasteiger partial charge in [-0.15, -0.1) is 0 Å². The molecule has 0 saturated heterocycles. The van der Waals surface area contributed by atoms with Crippen LogP contribution in [0.3, 0.4) is 0 Å². The number of nitrogens with zero attached hydrogens (tertiary/aromatic N) is 3. The molecule has 0 fully saturated rings. The summed E-state index contributed by atoms with van der Waals surface area (Å²) in [7, 11) is 0. The summed E-state index contributed by atoms with van der Waals surface area (Å²) in [6.45, 7) is 0. The molecule has 1 heterocycles. The Hall–Kier alpha value is -3.81. The first kappa shape index (κ1) is 16.1. The van der Waals surface area contributed by atoms with Crippen LogP contribution in [0.5, 0.6) is 0 Å². The number of carbonyl (C=O) groups excluding carboxylic acids is 1. The Balaban J connectivity index is 1.81. The van der Waals surface area contributed by atoms with Gasteiger partial charge in [-0.05, 0) is 42.5 Å². The van der Waals surface area contributed by atoms with E-state index in [1.165, 1.54) is 12.1 Å². The third-order valence-corrected chi connectivity index (χ3v) is 3.46. The van der Waals surface area contributed by atoms with Gasteiger partial charge in [0, 0.05) is 35.1 Å². The molecule has 3 rings (SSSR count). The van der Waals surface area contributed by atoms with Crippen molar-refractivity contribution in [1.82, 2.24) is 9.97 Å². The molecule has 8 nitrogen and oxygen atoms in total. The van der Waals surface area contributed by atoms with Crippen LogP contribution in [0, 0.1) is 10.1 Å². The van der Waals surface area contributed by atoms with Gasteiger partial charge in [0.1, 0.15) is 0 Å². The molecule has 25 heavy (non-hydrogen) atoms. The van der Waals surface area contributed by atoms with E-state index in [0.717, 1.165) is 5.56 Å². The first-order chi connectivity index (χ1) is 12.0. The fraction of sp³-hybridized carbons (Fsp3) is 0. The number of nitrogens with one attached hydrogen (secondary N) is 1. The number of anilines is 2. The molecule has 2 aromatic carbocycles. The van der Waals surface area contributed by atoms with Crippen LogP contribution >= 0.6 is 0 Å². The molecule has 0 aliphatic carbocycles. The van der Waals surface area contributed by atoms with Gasteiger partial charge in [0.05, 0.1) is 10.6 Å². The highest BCUT2D eigenvalue weighted by molar-refractivity contribution is 5.93. The molecule has 1 aromatic heterocycles. The molecule has 0 spiro atoms. The number of hydrogen-bond donors (Lipinski definition) is 2. The summed E-state index contributed by atoms with van der Waals surface area (Å²) in [6.07, 6.45) is 1.59. The van der Waals surface area contributed by atoms with Gasteiger partial charge in [-0.3, -0.25) is 14.9 Å². The number of primary amides is 1. The zero-order valence-corrected chi connectivity index (χ0v) is 12.9. The van der Waals surface area contributed by atoms with Crippen molar-refractivity contribution in [3.05, 3.63) is 76.5 Å². The molecule has 0 aliphatic heterocycles. The van der Waals surface area contributed by atoms with Gasteiger partial charge in [-0.2, -0.15) is 0 Å². The summed E-state index contributed by atoms with van der Waals surface area (Å²) < 4.78 is 0. The number of nitro groups is 1. The summed E-state index contributed by atoms with van der Waals surface area (Å²) in [5.41, 5.74) is 7.69. The fourth-order valence-corrected chi connectivity index (χ4v) is 2.18. The van der Waals surface area contributed by atoms with Crippen molar-refractivity contribution in [2.45, 2.75) is 0 Å². The van der Waals surface area contributed by atoms with E-state index in [2.05, 4.69) is 15.3 Å². The third kappa shape index (κ3) is 3.75. The van der Waals surface area contributed by atoms with E-state index in [-0.39, 0.29) is 5.69 Å². The van der Waals surface area contributed by atoms with E-state index >= 15 is 0 Å². The van der Waals surface area contributed by atoms with Gasteiger partial charge in [-0.25, -0.2) is 9.97 Å². The number of non-ortho nitro benzene ring substituents is 1. The summed E-state index contributed by atoms with van der Waals surface area (Å²) in [6, 6.07) is 14.4. The monoisotopic (exact) mass is 335 g/mol. The second kappa shape index (κ2) is 6.75. The Morgan fingerprint density at radius 2 is 1.72 bits per heavy atom. The third-order valence-electron chi connectivity index (χ3n) is 3.46. The molecule has 0 bridgehead atoms. The topological polar surface area (TPSA) is 124 Å². The second-order valence-corrected chi connectivity index (χ2v) is 5.14. The van der Waals surface area contributed by atoms with Crippen LogP contribution < -0.4 is 11.1 Å². The zero-order chi connectivity index (χ0) is 17.8. The lowest BCUT2D eigenvalue weighted by Crippen LogP contribution is -2.10. The number of nitro benzene ring substituents is 1. The molecule has 1 amide bonds. The Labute approximate surface area is 142 Å². The molecule has 0 atom stereocenters. The first-order valence-electron chi connectivity index (χ1n) is 7.28. The Morgan fingerprint density at radius 1 is 1.04 bits per heavy atom. The van der Waals surface area contributed by atoms with E-state index < -0.39 is 10.8 Å². The fourth-order valence-electron chi connectivity index (χ4n) is 2.18. The van der Waals surface area contributed by atoms with Gasteiger partial charge in [0.15, 0.2) is 0 Å². The predicted molar refractivity (Wildman–Crippen MR) is 92.4 cm³/mol. The van der Waals surface area contributed by atoms with Gasteiger partial charge < -0.3 is 11.1 Å². The highest BCUT2D eigenvalue weighted by atomic mass is 16.6. The van der Waals surface area contributed by atoms with Crippen molar-refractivity contribution in [1.29, 1.82) is 0 Å². The van der Waals surface area contributed by atoms with Crippen molar-refractivity contribution in [2.75, 3.05) is 5.32 Å². The smallest absolute Gasteiger partial charge is 0.269 e. The van der Waals surface area contributed by atoms with E-state index in [4.69, 9.17) is 5.73 Å². The molecular weight excluding hydrogens is 322 g/mol. The molecule has 3 aromatic rings. The lowest BCUT2D eigenvalue weighted by molar-refractivity contribution is -0.384. The quantitative estimate of drug-likeness (QED) is 0.545. The summed E-state index contributed by atoms with van der Waals surface area (Å²) in [4.78, 5) is 29.9. The normalized spacial score (nSPS) is 10.2. The predicted octanol–water partition coefficient (Wildman–Crippen LogP) is 2.89. The molecule has 0 saturated carbocycles. The SMILES string of the molecule is NC(=O)c1ccc(Nc2nccc(-c3ccc([N+](=O)[O-])cc3)n2)cc1. The van der Waals surface area contributed by atoms with Crippen molar-refractivity contribution in [2.24, 2.45) is 5.73 Å². The summed E-state index contributed by atoms with van der Waals surface area (Å²) >= 11 is 0. The van der Waals surface area contributed by atoms with E-state index in [1.807, 2.05) is 0 Å². The maximum Gasteiger partial charge on any atom is 0.269 e. The van der Waals surface area contributed by atoms with Crippen LogP contribution in [0.15, 0.2) is 60.8 Å². The number of carbonyl (C=O) groups is 1. The summed E-state index contributed by atoms with van der Waals surface area (Å²) in [5, 5.41) is 13.7. The molecular formula is C17H13N5O3. The summed E-state index contributed by atoms with van der Waals surface area (Å²) in [5.74, 6) is -0.134. The van der Waals surface area contributed by atoms with Gasteiger partial charge in [-0.1, -0.05) is 0 Å². The Kier molecular flexibility index (Phi) is 4.34. The second-order valence-electron chi connectivity index (χ2n) is 5.14. The molecule has 124 valence electrons. The number of rotatable bonds is 5. The molecule has 0 radical (unpaired) electrons. The van der Waals surface area contributed by atoms with Crippen molar-refractivity contribution >= 4 is 23.2 Å². The molecule has 0 aliphatic rings. The van der Waals surface area contributed by atoms with Gasteiger partial charge in [0.2, 0.25) is 11.9 Å². The molecule has 3 N–H and O–H groups in total. The van der Waals surface area contributed by atoms with E-state index in [0.29, 0.717) is 22.9 Å². The number of nitrogens with two attached hydrogens (primary N) is 1. The van der Waals surface area contributed by atoms with Crippen LogP contribution in [0.1, 0.15) is 10.4 Å². The highest BCUT2D eigenvalue weighted by Gasteiger charge is 2.07. The number of aromatic nitrogens is 2. The number of amides is 1. The van der Waals surface area contributed by atoms with Gasteiger partial charge >= 0.3 is 0 Å². The zero-order valence-electron chi connectivity index (χ0n) is 12.9. The van der Waals surface area contributed by atoms with Crippen LogP contribution in [0.25, 0.3) is 11.3 Å². The minimum absolute atomic E-state index is 0.0192. The number of hydrogen-bond acceptors (Lipinski definition) is 6. The standard InChI is InChI=1S/C17H13N5O3/c18-16(23)12-1-5-13(6-2-12)20-17-19-10-9-15(21-17)11-3-7-14(8-4-11)22(24)25/h1-10H,(H2,18,23)(H,19,20,21). The molecule has 0 unspecified atom stereocenters. The van der Waals surface area contributed by atoms with Crippen molar-refractivity contribution in [3.63, 3.8) is 0 Å².